The van der Waals surface area contributed by atoms with Gasteiger partial charge in [-0.25, -0.2) is 0 Å². The molecule has 0 spiro atoms. The summed E-state index contributed by atoms with van der Waals surface area (Å²) in [6.45, 7) is 3.54. The maximum atomic E-state index is 10.9. The van der Waals surface area contributed by atoms with E-state index in [1.807, 2.05) is 6.92 Å². The summed E-state index contributed by atoms with van der Waals surface area (Å²) in [4.78, 5) is 10.9. The van der Waals surface area contributed by atoms with Crippen LogP contribution in [0.5, 0.6) is 0 Å². The van der Waals surface area contributed by atoms with Crippen LogP contribution in [0.3, 0.4) is 0 Å². The van der Waals surface area contributed by atoms with E-state index in [4.69, 9.17) is 5.73 Å². The SMILES string of the molecule is Cc1nnc(-n2nnc(C(N)=O)c2C)s1. The molecular weight excluding hydrogens is 216 g/mol. The van der Waals surface area contributed by atoms with Gasteiger partial charge in [0.25, 0.3) is 5.91 Å². The first-order chi connectivity index (χ1) is 7.09. The minimum atomic E-state index is -0.597. The summed E-state index contributed by atoms with van der Waals surface area (Å²) in [6, 6.07) is 0. The summed E-state index contributed by atoms with van der Waals surface area (Å²) in [6.07, 6.45) is 0. The molecule has 0 saturated heterocycles. The molecule has 0 aliphatic carbocycles. The summed E-state index contributed by atoms with van der Waals surface area (Å²) in [5, 5.41) is 16.6. The van der Waals surface area contributed by atoms with Gasteiger partial charge in [0.15, 0.2) is 5.69 Å². The highest BCUT2D eigenvalue weighted by Gasteiger charge is 2.16. The third-order valence-corrected chi connectivity index (χ3v) is 2.64. The second kappa shape index (κ2) is 3.39. The van der Waals surface area contributed by atoms with Crippen LogP contribution < -0.4 is 5.73 Å². The van der Waals surface area contributed by atoms with E-state index in [9.17, 15) is 4.79 Å². The van der Waals surface area contributed by atoms with E-state index in [0.29, 0.717) is 10.8 Å². The van der Waals surface area contributed by atoms with Crippen LogP contribution in [-0.2, 0) is 0 Å². The summed E-state index contributed by atoms with van der Waals surface area (Å²) < 4.78 is 1.45. The molecular formula is C7H8N6OS. The number of nitrogens with zero attached hydrogens (tertiary/aromatic N) is 5. The van der Waals surface area contributed by atoms with Crippen molar-refractivity contribution < 1.29 is 4.79 Å². The molecule has 0 aliphatic rings. The van der Waals surface area contributed by atoms with Gasteiger partial charge in [0.2, 0.25) is 5.13 Å². The third kappa shape index (κ3) is 1.59. The first-order valence-corrected chi connectivity index (χ1v) is 4.94. The molecule has 2 N–H and O–H groups in total. The summed E-state index contributed by atoms with van der Waals surface area (Å²) >= 11 is 1.37. The van der Waals surface area contributed by atoms with Gasteiger partial charge in [-0.05, 0) is 13.8 Å². The second-order valence-electron chi connectivity index (χ2n) is 2.90. The Labute approximate surface area is 88.9 Å². The van der Waals surface area contributed by atoms with Crippen LogP contribution in [0.25, 0.3) is 5.13 Å². The number of amides is 1. The van der Waals surface area contributed by atoms with Crippen molar-refractivity contribution in [1.29, 1.82) is 0 Å². The van der Waals surface area contributed by atoms with Crippen LogP contribution in [0.15, 0.2) is 0 Å². The van der Waals surface area contributed by atoms with Crippen molar-refractivity contribution in [2.45, 2.75) is 13.8 Å². The number of primary amides is 1. The predicted octanol–water partition coefficient (Wildman–Crippen LogP) is -0.165. The quantitative estimate of drug-likeness (QED) is 0.763. The largest absolute Gasteiger partial charge is 0.364 e. The molecule has 1 amide bonds. The van der Waals surface area contributed by atoms with E-state index < -0.39 is 5.91 Å². The Morgan fingerprint density at radius 3 is 2.53 bits per heavy atom. The Kier molecular flexibility index (Phi) is 2.19. The third-order valence-electron chi connectivity index (χ3n) is 1.82. The number of carbonyl (C=O) groups excluding carboxylic acids is 1. The monoisotopic (exact) mass is 224 g/mol. The van der Waals surface area contributed by atoms with Crippen molar-refractivity contribution in [2.24, 2.45) is 5.73 Å². The van der Waals surface area contributed by atoms with Gasteiger partial charge in [-0.1, -0.05) is 16.6 Å². The number of hydrogen-bond acceptors (Lipinski definition) is 6. The van der Waals surface area contributed by atoms with Crippen molar-refractivity contribution in [3.63, 3.8) is 0 Å². The molecule has 2 rings (SSSR count). The highest BCUT2D eigenvalue weighted by Crippen LogP contribution is 2.15. The summed E-state index contributed by atoms with van der Waals surface area (Å²) in [5.74, 6) is -0.597. The Hall–Kier alpha value is -1.83. The van der Waals surface area contributed by atoms with Crippen LogP contribution in [-0.4, -0.2) is 31.1 Å². The van der Waals surface area contributed by atoms with E-state index in [1.165, 1.54) is 16.0 Å². The first kappa shape index (κ1) is 9.71. The Morgan fingerprint density at radius 1 is 1.33 bits per heavy atom. The van der Waals surface area contributed by atoms with Gasteiger partial charge in [0.05, 0.1) is 5.69 Å². The number of nitrogens with two attached hydrogens (primary N) is 1. The molecule has 0 unspecified atom stereocenters. The average Bonchev–Trinajstić information content (AvgIpc) is 2.71. The molecule has 78 valence electrons. The minimum Gasteiger partial charge on any atom is -0.364 e. The van der Waals surface area contributed by atoms with Crippen LogP contribution >= 0.6 is 11.3 Å². The molecule has 0 bridgehead atoms. The van der Waals surface area contributed by atoms with E-state index >= 15 is 0 Å². The van der Waals surface area contributed by atoms with Crippen LogP contribution in [0, 0.1) is 13.8 Å². The van der Waals surface area contributed by atoms with Gasteiger partial charge in [0, 0.05) is 0 Å². The molecule has 0 atom stereocenters. The molecule has 0 saturated carbocycles. The fraction of sp³-hybridized carbons (Fsp3) is 0.286. The molecule has 7 nitrogen and oxygen atoms in total. The van der Waals surface area contributed by atoms with Gasteiger partial charge >= 0.3 is 0 Å². The molecule has 2 aromatic rings. The van der Waals surface area contributed by atoms with Gasteiger partial charge in [0.1, 0.15) is 5.01 Å². The zero-order valence-electron chi connectivity index (χ0n) is 8.13. The van der Waals surface area contributed by atoms with Crippen molar-refractivity contribution in [2.75, 3.05) is 0 Å². The average molecular weight is 224 g/mol. The van der Waals surface area contributed by atoms with E-state index in [2.05, 4.69) is 20.5 Å². The standard InChI is InChI=1S/C7H8N6OS/c1-3-5(6(8)14)10-12-13(3)7-11-9-4(2)15-7/h1-2H3,(H2,8,14). The lowest BCUT2D eigenvalue weighted by Crippen LogP contribution is -2.13. The number of carbonyl (C=O) groups is 1. The zero-order chi connectivity index (χ0) is 11.0. The maximum Gasteiger partial charge on any atom is 0.271 e. The zero-order valence-corrected chi connectivity index (χ0v) is 8.95. The molecule has 2 aromatic heterocycles. The lowest BCUT2D eigenvalue weighted by Gasteiger charge is -1.95. The number of aromatic nitrogens is 5. The normalized spacial score (nSPS) is 10.5. The minimum absolute atomic E-state index is 0.155. The number of aryl methyl sites for hydroxylation is 1. The topological polar surface area (TPSA) is 99.6 Å². The number of hydrogen-bond donors (Lipinski definition) is 1. The van der Waals surface area contributed by atoms with Crippen LogP contribution in [0.2, 0.25) is 0 Å². The number of rotatable bonds is 2. The first-order valence-electron chi connectivity index (χ1n) is 4.12. The van der Waals surface area contributed by atoms with Gasteiger partial charge < -0.3 is 5.73 Å². The van der Waals surface area contributed by atoms with Gasteiger partial charge in [-0.3, -0.25) is 4.79 Å². The Balaban J connectivity index is 2.50. The molecule has 0 fully saturated rings. The highest BCUT2D eigenvalue weighted by molar-refractivity contribution is 7.13. The van der Waals surface area contributed by atoms with Crippen molar-refractivity contribution in [3.8, 4) is 5.13 Å². The maximum absolute atomic E-state index is 10.9. The molecule has 2 heterocycles. The fourth-order valence-electron chi connectivity index (χ4n) is 1.11. The fourth-order valence-corrected chi connectivity index (χ4v) is 1.80. The van der Waals surface area contributed by atoms with Crippen molar-refractivity contribution in [3.05, 3.63) is 16.4 Å². The Bertz CT molecular complexity index is 515. The van der Waals surface area contributed by atoms with E-state index in [-0.39, 0.29) is 5.69 Å². The molecule has 8 heteroatoms. The van der Waals surface area contributed by atoms with Crippen molar-refractivity contribution in [1.82, 2.24) is 25.2 Å². The Morgan fingerprint density at radius 2 is 2.07 bits per heavy atom. The van der Waals surface area contributed by atoms with Gasteiger partial charge in [-0.15, -0.1) is 15.3 Å². The molecule has 0 radical (unpaired) electrons. The molecule has 0 aromatic carbocycles. The summed E-state index contributed by atoms with van der Waals surface area (Å²) in [5.41, 5.74) is 5.85. The molecule has 15 heavy (non-hydrogen) atoms. The van der Waals surface area contributed by atoms with Gasteiger partial charge in [-0.2, -0.15) is 4.68 Å². The second-order valence-corrected chi connectivity index (χ2v) is 4.06. The van der Waals surface area contributed by atoms with E-state index in [1.54, 1.807) is 6.92 Å². The smallest absolute Gasteiger partial charge is 0.271 e. The van der Waals surface area contributed by atoms with Crippen molar-refractivity contribution >= 4 is 17.2 Å². The highest BCUT2D eigenvalue weighted by atomic mass is 32.1. The van der Waals surface area contributed by atoms with Crippen LogP contribution in [0.4, 0.5) is 0 Å². The summed E-state index contributed by atoms with van der Waals surface area (Å²) in [7, 11) is 0. The lowest BCUT2D eigenvalue weighted by molar-refractivity contribution is 0.0995. The predicted molar refractivity (Wildman–Crippen MR) is 52.8 cm³/mol. The molecule has 0 aliphatic heterocycles. The van der Waals surface area contributed by atoms with E-state index in [0.717, 1.165) is 5.01 Å². The lowest BCUT2D eigenvalue weighted by atomic mass is 10.3. The van der Waals surface area contributed by atoms with Crippen LogP contribution in [0.1, 0.15) is 21.2 Å².